The van der Waals surface area contributed by atoms with Crippen molar-refractivity contribution in [3.05, 3.63) is 0 Å². The highest BCUT2D eigenvalue weighted by atomic mass is 16.5. The van der Waals surface area contributed by atoms with Crippen LogP contribution in [0.1, 0.15) is 26.7 Å². The van der Waals surface area contributed by atoms with Crippen LogP contribution in [0.4, 0.5) is 0 Å². The molecule has 68 valence electrons. The highest BCUT2D eigenvalue weighted by Gasteiger charge is 2.24. The standard InChI is InChI=1S/C9H16N2O/c1-7(3-5-10)11-9-4-6-12-8(9)2/h7-9,11H,3-4,6H2,1-2H3/t7?,8-,9-/m1/s1. The predicted molar refractivity (Wildman–Crippen MR) is 46.6 cm³/mol. The second-order valence-corrected chi connectivity index (χ2v) is 3.40. The summed E-state index contributed by atoms with van der Waals surface area (Å²) in [5.41, 5.74) is 0. The lowest BCUT2D eigenvalue weighted by Gasteiger charge is -2.19. The molecule has 0 aromatic carbocycles. The molecule has 1 N–H and O–H groups in total. The first-order valence-electron chi connectivity index (χ1n) is 4.48. The zero-order chi connectivity index (χ0) is 8.97. The van der Waals surface area contributed by atoms with Gasteiger partial charge in [0.15, 0.2) is 0 Å². The molecule has 1 aliphatic rings. The summed E-state index contributed by atoms with van der Waals surface area (Å²) in [6, 6.07) is 2.87. The maximum absolute atomic E-state index is 8.46. The molecule has 3 atom stereocenters. The first-order chi connectivity index (χ1) is 5.74. The van der Waals surface area contributed by atoms with Crippen molar-refractivity contribution < 1.29 is 4.74 Å². The van der Waals surface area contributed by atoms with E-state index < -0.39 is 0 Å². The minimum atomic E-state index is 0.282. The Hall–Kier alpha value is -0.590. The molecule has 0 saturated carbocycles. The Morgan fingerprint density at radius 1 is 1.75 bits per heavy atom. The largest absolute Gasteiger partial charge is 0.377 e. The van der Waals surface area contributed by atoms with Crippen molar-refractivity contribution in [2.24, 2.45) is 0 Å². The molecular weight excluding hydrogens is 152 g/mol. The fourth-order valence-electron chi connectivity index (χ4n) is 1.51. The summed E-state index contributed by atoms with van der Waals surface area (Å²) in [6.07, 6.45) is 1.94. The summed E-state index contributed by atoms with van der Waals surface area (Å²) in [4.78, 5) is 0. The van der Waals surface area contributed by atoms with E-state index in [1.165, 1.54) is 0 Å². The van der Waals surface area contributed by atoms with Crippen molar-refractivity contribution in [3.63, 3.8) is 0 Å². The fourth-order valence-corrected chi connectivity index (χ4v) is 1.51. The van der Waals surface area contributed by atoms with Crippen LogP contribution < -0.4 is 5.32 Å². The van der Waals surface area contributed by atoms with Gasteiger partial charge < -0.3 is 10.1 Å². The molecule has 0 spiro atoms. The van der Waals surface area contributed by atoms with E-state index in [1.54, 1.807) is 0 Å². The van der Waals surface area contributed by atoms with Crippen LogP contribution in [-0.4, -0.2) is 24.8 Å². The quantitative estimate of drug-likeness (QED) is 0.685. The molecule has 3 nitrogen and oxygen atoms in total. The van der Waals surface area contributed by atoms with Crippen LogP contribution in [0.5, 0.6) is 0 Å². The van der Waals surface area contributed by atoms with Crippen LogP contribution in [0.2, 0.25) is 0 Å². The van der Waals surface area contributed by atoms with Crippen molar-refractivity contribution in [2.75, 3.05) is 6.61 Å². The van der Waals surface area contributed by atoms with Crippen molar-refractivity contribution in [1.29, 1.82) is 5.26 Å². The molecule has 1 saturated heterocycles. The lowest BCUT2D eigenvalue weighted by molar-refractivity contribution is 0.111. The summed E-state index contributed by atoms with van der Waals surface area (Å²) in [5.74, 6) is 0. The summed E-state index contributed by atoms with van der Waals surface area (Å²) < 4.78 is 5.40. The molecule has 0 aliphatic carbocycles. The monoisotopic (exact) mass is 168 g/mol. The Bertz CT molecular complexity index is 176. The number of hydrogen-bond donors (Lipinski definition) is 1. The molecule has 3 heteroatoms. The van der Waals surface area contributed by atoms with Gasteiger partial charge in [-0.3, -0.25) is 0 Å². The van der Waals surface area contributed by atoms with Gasteiger partial charge in [-0.05, 0) is 20.3 Å². The van der Waals surface area contributed by atoms with Gasteiger partial charge >= 0.3 is 0 Å². The average molecular weight is 168 g/mol. The van der Waals surface area contributed by atoms with Gasteiger partial charge in [0.1, 0.15) is 0 Å². The summed E-state index contributed by atoms with van der Waals surface area (Å²) in [7, 11) is 0. The summed E-state index contributed by atoms with van der Waals surface area (Å²) >= 11 is 0. The van der Waals surface area contributed by atoms with Crippen LogP contribution in [0.15, 0.2) is 0 Å². The number of nitrogens with one attached hydrogen (secondary N) is 1. The van der Waals surface area contributed by atoms with Crippen LogP contribution in [-0.2, 0) is 4.74 Å². The Morgan fingerprint density at radius 2 is 2.50 bits per heavy atom. The Labute approximate surface area is 73.7 Å². The van der Waals surface area contributed by atoms with Gasteiger partial charge in [-0.15, -0.1) is 0 Å². The van der Waals surface area contributed by atoms with E-state index in [-0.39, 0.29) is 6.04 Å². The zero-order valence-electron chi connectivity index (χ0n) is 7.71. The predicted octanol–water partition coefficient (Wildman–Crippen LogP) is 1.06. The van der Waals surface area contributed by atoms with Crippen molar-refractivity contribution >= 4 is 0 Å². The van der Waals surface area contributed by atoms with E-state index in [0.29, 0.717) is 18.6 Å². The highest BCUT2D eigenvalue weighted by molar-refractivity contribution is 4.85. The molecule has 0 amide bonds. The number of nitriles is 1. The molecule has 1 aliphatic heterocycles. The van der Waals surface area contributed by atoms with E-state index in [4.69, 9.17) is 10.00 Å². The third-order valence-corrected chi connectivity index (χ3v) is 2.27. The van der Waals surface area contributed by atoms with Crippen LogP contribution >= 0.6 is 0 Å². The maximum Gasteiger partial charge on any atom is 0.0700 e. The first kappa shape index (κ1) is 9.50. The molecule has 1 fully saturated rings. The Balaban J connectivity index is 2.26. The number of hydrogen-bond acceptors (Lipinski definition) is 3. The smallest absolute Gasteiger partial charge is 0.0700 e. The van der Waals surface area contributed by atoms with Gasteiger partial charge in [0, 0.05) is 18.7 Å². The Kier molecular flexibility index (Phi) is 3.51. The van der Waals surface area contributed by atoms with Gasteiger partial charge in [0.2, 0.25) is 0 Å². The second-order valence-electron chi connectivity index (χ2n) is 3.40. The lowest BCUT2D eigenvalue weighted by atomic mass is 10.1. The van der Waals surface area contributed by atoms with E-state index in [1.807, 2.05) is 6.92 Å². The van der Waals surface area contributed by atoms with Crippen LogP contribution in [0, 0.1) is 11.3 Å². The number of nitrogens with zero attached hydrogens (tertiary/aromatic N) is 1. The topological polar surface area (TPSA) is 45.0 Å². The minimum Gasteiger partial charge on any atom is -0.377 e. The fraction of sp³-hybridized carbons (Fsp3) is 0.889. The average Bonchev–Trinajstić information content (AvgIpc) is 2.37. The maximum atomic E-state index is 8.46. The molecule has 0 bridgehead atoms. The van der Waals surface area contributed by atoms with Crippen LogP contribution in [0.25, 0.3) is 0 Å². The zero-order valence-corrected chi connectivity index (χ0v) is 7.71. The van der Waals surface area contributed by atoms with E-state index in [0.717, 1.165) is 13.0 Å². The van der Waals surface area contributed by atoms with E-state index in [9.17, 15) is 0 Å². The first-order valence-corrected chi connectivity index (χ1v) is 4.48. The molecule has 0 aromatic heterocycles. The van der Waals surface area contributed by atoms with Crippen LogP contribution in [0.3, 0.4) is 0 Å². The number of ether oxygens (including phenoxy) is 1. The highest BCUT2D eigenvalue weighted by Crippen LogP contribution is 2.13. The van der Waals surface area contributed by atoms with Gasteiger partial charge in [0.05, 0.1) is 18.6 Å². The van der Waals surface area contributed by atoms with Gasteiger partial charge in [-0.1, -0.05) is 0 Å². The molecule has 1 rings (SSSR count). The summed E-state index contributed by atoms with van der Waals surface area (Å²) in [5, 5.41) is 11.8. The minimum absolute atomic E-state index is 0.282. The molecule has 0 radical (unpaired) electrons. The lowest BCUT2D eigenvalue weighted by Crippen LogP contribution is -2.40. The molecule has 1 heterocycles. The number of rotatable bonds is 3. The normalized spacial score (nSPS) is 31.4. The SMILES string of the molecule is CC(CC#N)N[C@@H]1CCO[C@@H]1C. The van der Waals surface area contributed by atoms with E-state index in [2.05, 4.69) is 18.3 Å². The van der Waals surface area contributed by atoms with E-state index >= 15 is 0 Å². The van der Waals surface area contributed by atoms with Gasteiger partial charge in [0.25, 0.3) is 0 Å². The second kappa shape index (κ2) is 4.44. The molecule has 0 aromatic rings. The molecular formula is C9H16N2O. The molecule has 1 unspecified atom stereocenters. The van der Waals surface area contributed by atoms with Crippen molar-refractivity contribution in [2.45, 2.75) is 44.9 Å². The molecule has 12 heavy (non-hydrogen) atoms. The third-order valence-electron chi connectivity index (χ3n) is 2.27. The van der Waals surface area contributed by atoms with Crippen molar-refractivity contribution in [3.8, 4) is 6.07 Å². The van der Waals surface area contributed by atoms with Gasteiger partial charge in [-0.2, -0.15) is 5.26 Å². The van der Waals surface area contributed by atoms with Crippen molar-refractivity contribution in [1.82, 2.24) is 5.32 Å². The summed E-state index contributed by atoms with van der Waals surface area (Å²) in [6.45, 7) is 4.95. The third kappa shape index (κ3) is 2.47. The van der Waals surface area contributed by atoms with Gasteiger partial charge in [-0.25, -0.2) is 0 Å². The Morgan fingerprint density at radius 3 is 3.00 bits per heavy atom.